The van der Waals surface area contributed by atoms with E-state index in [1.54, 1.807) is 31.5 Å². The maximum absolute atomic E-state index is 12.9. The predicted molar refractivity (Wildman–Crippen MR) is 112 cm³/mol. The minimum absolute atomic E-state index is 0.0214. The van der Waals surface area contributed by atoms with Crippen LogP contribution in [-0.2, 0) is 10.9 Å². The van der Waals surface area contributed by atoms with Crippen LogP contribution >= 0.6 is 0 Å². The molecule has 0 saturated heterocycles. The number of carbonyl (C=O) groups excluding carboxylic acids is 1. The summed E-state index contributed by atoms with van der Waals surface area (Å²) < 4.78 is 49.5. The van der Waals surface area contributed by atoms with Crippen LogP contribution in [0.1, 0.15) is 23.0 Å². The maximum Gasteiger partial charge on any atom is 0.416 e. The fourth-order valence-electron chi connectivity index (χ4n) is 3.13. The molecule has 5 nitrogen and oxygen atoms in total. The zero-order chi connectivity index (χ0) is 22.7. The Balaban J connectivity index is 1.73. The lowest BCUT2D eigenvalue weighted by molar-refractivity contribution is -0.137. The number of hydrogen-bond acceptors (Lipinski definition) is 5. The van der Waals surface area contributed by atoms with Crippen LogP contribution in [0.3, 0.4) is 0 Å². The summed E-state index contributed by atoms with van der Waals surface area (Å²) >= 11 is 0. The van der Waals surface area contributed by atoms with Gasteiger partial charge in [-0.25, -0.2) is 9.78 Å². The van der Waals surface area contributed by atoms with Crippen molar-refractivity contribution >= 4 is 5.97 Å². The zero-order valence-corrected chi connectivity index (χ0v) is 16.9. The Bertz CT molecular complexity index is 1220. The van der Waals surface area contributed by atoms with Gasteiger partial charge in [0.05, 0.1) is 12.2 Å². The van der Waals surface area contributed by atoms with Crippen LogP contribution in [0.25, 0.3) is 33.9 Å². The van der Waals surface area contributed by atoms with E-state index in [4.69, 9.17) is 9.15 Å². The molecule has 0 spiro atoms. The van der Waals surface area contributed by atoms with Gasteiger partial charge in [0.1, 0.15) is 0 Å². The highest BCUT2D eigenvalue weighted by Crippen LogP contribution is 2.34. The lowest BCUT2D eigenvalue weighted by atomic mass is 10.0. The Hall–Kier alpha value is -3.94. The third-order valence-electron chi connectivity index (χ3n) is 4.70. The highest BCUT2D eigenvalue weighted by Gasteiger charge is 2.30. The largest absolute Gasteiger partial charge is 0.461 e. The van der Waals surface area contributed by atoms with Gasteiger partial charge in [0.25, 0.3) is 0 Å². The van der Waals surface area contributed by atoms with Crippen molar-refractivity contribution in [3.8, 4) is 33.9 Å². The molecule has 0 N–H and O–H groups in total. The summed E-state index contributed by atoms with van der Waals surface area (Å²) in [5, 5.41) is 0. The van der Waals surface area contributed by atoms with E-state index < -0.39 is 17.7 Å². The van der Waals surface area contributed by atoms with Crippen molar-refractivity contribution in [2.75, 3.05) is 6.61 Å². The number of rotatable bonds is 5. The maximum atomic E-state index is 12.9. The van der Waals surface area contributed by atoms with E-state index in [0.717, 1.165) is 23.3 Å². The molecule has 0 aliphatic carbocycles. The third-order valence-corrected chi connectivity index (χ3v) is 4.70. The Labute approximate surface area is 181 Å². The number of alkyl halides is 3. The van der Waals surface area contributed by atoms with Crippen molar-refractivity contribution in [1.82, 2.24) is 9.97 Å². The predicted octanol–water partition coefficient (Wildman–Crippen LogP) is 6.27. The number of nitrogens with zero attached hydrogens (tertiary/aromatic N) is 2. The standard InChI is InChI=1S/C24H17F3N2O3/c1-2-31-23(30)20-21(16-7-5-15(6-8-16)18-4-3-13-28-14-18)32-22(29-20)17-9-11-19(12-10-17)24(25,26)27/h3-14H,2H2,1H3. The molecular weight excluding hydrogens is 421 g/mol. The van der Waals surface area contributed by atoms with Gasteiger partial charge in [-0.05, 0) is 48.4 Å². The molecule has 8 heteroatoms. The molecule has 0 amide bonds. The molecule has 0 bridgehead atoms. The first-order valence-electron chi connectivity index (χ1n) is 9.73. The van der Waals surface area contributed by atoms with Gasteiger partial charge in [0.2, 0.25) is 5.89 Å². The second-order valence-electron chi connectivity index (χ2n) is 6.81. The SMILES string of the molecule is CCOC(=O)c1nc(-c2ccc(C(F)(F)F)cc2)oc1-c1ccc(-c2cccnc2)cc1. The molecular formula is C24H17F3N2O3. The number of benzene rings is 2. The first-order chi connectivity index (χ1) is 15.4. The number of halogens is 3. The van der Waals surface area contributed by atoms with Gasteiger partial charge in [-0.1, -0.05) is 30.3 Å². The first kappa shape index (κ1) is 21.3. The second kappa shape index (κ2) is 8.66. The van der Waals surface area contributed by atoms with Gasteiger partial charge >= 0.3 is 12.1 Å². The summed E-state index contributed by atoms with van der Waals surface area (Å²) in [6.45, 7) is 1.80. The van der Waals surface area contributed by atoms with Crippen LogP contribution in [0.4, 0.5) is 13.2 Å². The van der Waals surface area contributed by atoms with E-state index in [9.17, 15) is 18.0 Å². The Morgan fingerprint density at radius 1 is 0.938 bits per heavy atom. The number of oxazole rings is 1. The fraction of sp³-hybridized carbons (Fsp3) is 0.125. The van der Waals surface area contributed by atoms with Gasteiger partial charge in [-0.3, -0.25) is 4.98 Å². The highest BCUT2D eigenvalue weighted by molar-refractivity contribution is 5.94. The monoisotopic (exact) mass is 438 g/mol. The minimum atomic E-state index is -4.45. The average molecular weight is 438 g/mol. The van der Waals surface area contributed by atoms with Gasteiger partial charge in [-0.2, -0.15) is 13.2 Å². The smallest absolute Gasteiger partial charge is 0.416 e. The second-order valence-corrected chi connectivity index (χ2v) is 6.81. The number of ether oxygens (including phenoxy) is 1. The molecule has 32 heavy (non-hydrogen) atoms. The van der Waals surface area contributed by atoms with E-state index in [2.05, 4.69) is 9.97 Å². The first-order valence-corrected chi connectivity index (χ1v) is 9.73. The van der Waals surface area contributed by atoms with Crippen LogP contribution in [0, 0.1) is 0 Å². The molecule has 0 saturated carbocycles. The van der Waals surface area contributed by atoms with Gasteiger partial charge < -0.3 is 9.15 Å². The summed E-state index contributed by atoms with van der Waals surface area (Å²) in [6, 6.07) is 15.3. The molecule has 0 radical (unpaired) electrons. The van der Waals surface area contributed by atoms with E-state index >= 15 is 0 Å². The van der Waals surface area contributed by atoms with Crippen molar-refractivity contribution in [3.63, 3.8) is 0 Å². The number of carbonyl (C=O) groups is 1. The van der Waals surface area contributed by atoms with Gasteiger partial charge in [0, 0.05) is 23.5 Å². The molecule has 0 atom stereocenters. The summed E-state index contributed by atoms with van der Waals surface area (Å²) in [4.78, 5) is 20.8. The average Bonchev–Trinajstić information content (AvgIpc) is 3.25. The Morgan fingerprint density at radius 3 is 2.19 bits per heavy atom. The highest BCUT2D eigenvalue weighted by atomic mass is 19.4. The number of esters is 1. The molecule has 162 valence electrons. The molecule has 0 aliphatic rings. The number of hydrogen-bond donors (Lipinski definition) is 0. The normalized spacial score (nSPS) is 11.4. The molecule has 2 aromatic carbocycles. The molecule has 0 aliphatic heterocycles. The molecule has 2 heterocycles. The molecule has 2 aromatic heterocycles. The van der Waals surface area contributed by atoms with Gasteiger partial charge in [0.15, 0.2) is 11.5 Å². The van der Waals surface area contributed by atoms with Gasteiger partial charge in [-0.15, -0.1) is 0 Å². The summed E-state index contributed by atoms with van der Waals surface area (Å²) in [7, 11) is 0. The van der Waals surface area contributed by atoms with Crippen molar-refractivity contribution in [2.45, 2.75) is 13.1 Å². The zero-order valence-electron chi connectivity index (χ0n) is 16.9. The van der Waals surface area contributed by atoms with Crippen LogP contribution in [0.2, 0.25) is 0 Å². The summed E-state index contributed by atoms with van der Waals surface area (Å²) in [6.07, 6.45) is -1.04. The van der Waals surface area contributed by atoms with Crippen LogP contribution in [0.5, 0.6) is 0 Å². The molecule has 0 unspecified atom stereocenters. The minimum Gasteiger partial charge on any atom is -0.461 e. The van der Waals surface area contributed by atoms with Crippen molar-refractivity contribution < 1.29 is 27.1 Å². The Kier molecular flexibility index (Phi) is 5.77. The quantitative estimate of drug-likeness (QED) is 0.344. The number of aromatic nitrogens is 2. The lowest BCUT2D eigenvalue weighted by Gasteiger charge is -2.06. The van der Waals surface area contributed by atoms with Crippen molar-refractivity contribution in [2.24, 2.45) is 0 Å². The van der Waals surface area contributed by atoms with E-state index in [0.29, 0.717) is 11.1 Å². The van der Waals surface area contributed by atoms with Crippen LogP contribution in [0.15, 0.2) is 77.5 Å². The Morgan fingerprint density at radius 2 is 1.59 bits per heavy atom. The van der Waals surface area contributed by atoms with E-state index in [1.807, 2.05) is 24.3 Å². The summed E-state index contributed by atoms with van der Waals surface area (Å²) in [5.41, 5.74) is 1.89. The van der Waals surface area contributed by atoms with Crippen molar-refractivity contribution in [3.05, 3.63) is 84.3 Å². The molecule has 4 aromatic rings. The van der Waals surface area contributed by atoms with E-state index in [1.165, 1.54) is 12.1 Å². The topological polar surface area (TPSA) is 65.2 Å². The molecule has 0 fully saturated rings. The van der Waals surface area contributed by atoms with E-state index in [-0.39, 0.29) is 24.0 Å². The fourth-order valence-corrected chi connectivity index (χ4v) is 3.13. The lowest BCUT2D eigenvalue weighted by Crippen LogP contribution is -2.06. The van der Waals surface area contributed by atoms with Crippen LogP contribution in [-0.4, -0.2) is 22.5 Å². The summed E-state index contributed by atoms with van der Waals surface area (Å²) in [5.74, 6) is -0.482. The number of pyridine rings is 1. The third kappa shape index (κ3) is 4.39. The van der Waals surface area contributed by atoms with Crippen LogP contribution < -0.4 is 0 Å². The van der Waals surface area contributed by atoms with Crippen molar-refractivity contribution in [1.29, 1.82) is 0 Å². The molecule has 4 rings (SSSR count).